The molecule has 42 heavy (non-hydrogen) atoms. The maximum Gasteiger partial charge on any atom is 0.416 e. The summed E-state index contributed by atoms with van der Waals surface area (Å²) in [5.41, 5.74) is 2.04. The van der Waals surface area contributed by atoms with Gasteiger partial charge in [-0.25, -0.2) is 4.98 Å². The third kappa shape index (κ3) is 6.59. The summed E-state index contributed by atoms with van der Waals surface area (Å²) in [5.74, 6) is 2.47. The molecule has 0 spiro atoms. The number of H-pyrrole nitrogens is 1. The number of hydrogen-bond acceptors (Lipinski definition) is 6. The predicted octanol–water partition coefficient (Wildman–Crippen LogP) is 7.12. The molecule has 1 aromatic heterocycles. The fourth-order valence-electron chi connectivity index (χ4n) is 5.55. The largest absolute Gasteiger partial charge is 0.493 e. The number of rotatable bonds is 11. The molecule has 0 aliphatic carbocycles. The first-order chi connectivity index (χ1) is 20.3. The number of nitrogens with zero attached hydrogens (tertiary/aromatic N) is 2. The maximum absolute atomic E-state index is 13.8. The van der Waals surface area contributed by atoms with Gasteiger partial charge in [-0.3, -0.25) is 0 Å². The van der Waals surface area contributed by atoms with Crippen LogP contribution in [0.2, 0.25) is 0 Å². The van der Waals surface area contributed by atoms with Gasteiger partial charge >= 0.3 is 6.18 Å². The fraction of sp³-hybridized carbons (Fsp3) is 0.406. The number of halogens is 3. The number of hydrogen-bond donors (Lipinski definition) is 1. The molecule has 1 saturated heterocycles. The quantitative estimate of drug-likeness (QED) is 0.190. The molecule has 1 aliphatic rings. The second-order valence-electron chi connectivity index (χ2n) is 10.4. The summed E-state index contributed by atoms with van der Waals surface area (Å²) in [6, 6.07) is 12.8. The Morgan fingerprint density at radius 3 is 2.26 bits per heavy atom. The molecule has 0 unspecified atom stereocenters. The highest BCUT2D eigenvalue weighted by Gasteiger charge is 2.33. The zero-order chi connectivity index (χ0) is 29.7. The minimum atomic E-state index is -4.47. The number of benzene rings is 3. The van der Waals surface area contributed by atoms with Crippen LogP contribution in [0.25, 0.3) is 22.4 Å². The zero-order valence-electron chi connectivity index (χ0n) is 24.1. The van der Waals surface area contributed by atoms with Gasteiger partial charge in [-0.1, -0.05) is 24.6 Å². The van der Waals surface area contributed by atoms with Crippen molar-refractivity contribution >= 4 is 11.0 Å². The molecule has 224 valence electrons. The van der Waals surface area contributed by atoms with Crippen LogP contribution in [0.1, 0.15) is 42.4 Å². The van der Waals surface area contributed by atoms with Gasteiger partial charge in [0.2, 0.25) is 5.75 Å². The Kier molecular flexibility index (Phi) is 9.11. The lowest BCUT2D eigenvalue weighted by Crippen LogP contribution is -2.31. The number of fused-ring (bicyclic) bond motifs is 1. The number of methoxy groups -OCH3 is 3. The van der Waals surface area contributed by atoms with Crippen LogP contribution in [0, 0.1) is 0 Å². The summed E-state index contributed by atoms with van der Waals surface area (Å²) >= 11 is 0. The molecule has 0 amide bonds. The van der Waals surface area contributed by atoms with E-state index in [1.807, 2.05) is 6.07 Å². The van der Waals surface area contributed by atoms with Crippen molar-refractivity contribution in [2.24, 2.45) is 0 Å². The van der Waals surface area contributed by atoms with Crippen LogP contribution in [0.3, 0.4) is 0 Å². The SMILES string of the molecule is COc1cc(-c2nc3c(Cc4ccccc4C(F)(F)F)cc(OCCCN4CCCCC4)cc3[nH]2)cc(OC)c1OC. The monoisotopic (exact) mass is 583 g/mol. The Morgan fingerprint density at radius 2 is 1.60 bits per heavy atom. The molecule has 5 rings (SSSR count). The van der Waals surface area contributed by atoms with Crippen LogP contribution in [-0.2, 0) is 12.6 Å². The topological polar surface area (TPSA) is 68.8 Å². The predicted molar refractivity (Wildman–Crippen MR) is 156 cm³/mol. The molecule has 7 nitrogen and oxygen atoms in total. The van der Waals surface area contributed by atoms with E-state index < -0.39 is 11.7 Å². The van der Waals surface area contributed by atoms with Crippen molar-refractivity contribution in [3.8, 4) is 34.4 Å². The highest BCUT2D eigenvalue weighted by atomic mass is 19.4. The van der Waals surface area contributed by atoms with E-state index in [0.717, 1.165) is 32.1 Å². The van der Waals surface area contributed by atoms with Gasteiger partial charge in [-0.2, -0.15) is 13.2 Å². The van der Waals surface area contributed by atoms with E-state index in [9.17, 15) is 13.2 Å². The van der Waals surface area contributed by atoms with Crippen molar-refractivity contribution in [1.82, 2.24) is 14.9 Å². The molecular weight excluding hydrogens is 547 g/mol. The molecule has 3 aromatic carbocycles. The number of aromatic nitrogens is 2. The Morgan fingerprint density at radius 1 is 0.881 bits per heavy atom. The Balaban J connectivity index is 1.50. The van der Waals surface area contributed by atoms with E-state index >= 15 is 0 Å². The number of piperidine rings is 1. The Bertz CT molecular complexity index is 1490. The highest BCUT2D eigenvalue weighted by molar-refractivity contribution is 5.85. The van der Waals surface area contributed by atoms with Crippen LogP contribution in [-0.4, -0.2) is 62.4 Å². The molecule has 0 saturated carbocycles. The summed E-state index contributed by atoms with van der Waals surface area (Å²) in [5, 5.41) is 0. The highest BCUT2D eigenvalue weighted by Crippen LogP contribution is 2.41. The number of imidazole rings is 1. The van der Waals surface area contributed by atoms with Crippen molar-refractivity contribution in [2.75, 3.05) is 47.6 Å². The smallest absolute Gasteiger partial charge is 0.416 e. The average Bonchev–Trinajstić information content (AvgIpc) is 3.43. The van der Waals surface area contributed by atoms with Gasteiger partial charge in [0.15, 0.2) is 11.5 Å². The summed E-state index contributed by atoms with van der Waals surface area (Å²) < 4.78 is 64.1. The molecular formula is C32H36F3N3O4. The van der Waals surface area contributed by atoms with Gasteiger partial charge in [0, 0.05) is 24.6 Å². The van der Waals surface area contributed by atoms with Gasteiger partial charge in [0.05, 0.1) is 44.5 Å². The van der Waals surface area contributed by atoms with Crippen molar-refractivity contribution in [1.29, 1.82) is 0 Å². The average molecular weight is 584 g/mol. The van der Waals surface area contributed by atoms with E-state index in [1.165, 1.54) is 52.7 Å². The van der Waals surface area contributed by atoms with E-state index in [1.54, 1.807) is 24.3 Å². The first-order valence-electron chi connectivity index (χ1n) is 14.1. The lowest BCUT2D eigenvalue weighted by Gasteiger charge is -2.26. The van der Waals surface area contributed by atoms with E-state index in [2.05, 4.69) is 9.88 Å². The minimum Gasteiger partial charge on any atom is -0.493 e. The van der Waals surface area contributed by atoms with Crippen LogP contribution in [0.5, 0.6) is 23.0 Å². The maximum atomic E-state index is 13.8. The number of alkyl halides is 3. The van der Waals surface area contributed by atoms with Crippen molar-refractivity contribution < 1.29 is 32.1 Å². The summed E-state index contributed by atoms with van der Waals surface area (Å²) in [6.07, 6.45) is 0.185. The van der Waals surface area contributed by atoms with E-state index in [4.69, 9.17) is 23.9 Å². The lowest BCUT2D eigenvalue weighted by atomic mass is 9.98. The lowest BCUT2D eigenvalue weighted by molar-refractivity contribution is -0.138. The van der Waals surface area contributed by atoms with Gasteiger partial charge in [0.1, 0.15) is 11.6 Å². The molecule has 1 fully saturated rings. The zero-order valence-corrected chi connectivity index (χ0v) is 24.1. The van der Waals surface area contributed by atoms with Crippen molar-refractivity contribution in [2.45, 2.75) is 38.3 Å². The van der Waals surface area contributed by atoms with Crippen molar-refractivity contribution in [3.05, 3.63) is 65.2 Å². The van der Waals surface area contributed by atoms with Gasteiger partial charge in [-0.05, 0) is 67.7 Å². The van der Waals surface area contributed by atoms with Crippen molar-refractivity contribution in [3.63, 3.8) is 0 Å². The Hall–Kier alpha value is -3.92. The van der Waals surface area contributed by atoms with Crippen LogP contribution >= 0.6 is 0 Å². The molecule has 0 bridgehead atoms. The molecule has 4 aromatic rings. The van der Waals surface area contributed by atoms with E-state index in [-0.39, 0.29) is 12.0 Å². The molecule has 1 aliphatic heterocycles. The summed E-state index contributed by atoms with van der Waals surface area (Å²) in [6.45, 7) is 3.71. The second kappa shape index (κ2) is 12.9. The Labute approximate surface area is 243 Å². The third-order valence-electron chi connectivity index (χ3n) is 7.62. The number of aromatic amines is 1. The summed E-state index contributed by atoms with van der Waals surface area (Å²) in [4.78, 5) is 10.6. The molecule has 0 radical (unpaired) electrons. The molecule has 10 heteroatoms. The molecule has 1 N–H and O–H groups in total. The van der Waals surface area contributed by atoms with Gasteiger partial charge < -0.3 is 28.8 Å². The van der Waals surface area contributed by atoms with E-state index in [0.29, 0.717) is 57.6 Å². The summed E-state index contributed by atoms with van der Waals surface area (Å²) in [7, 11) is 4.59. The number of nitrogens with one attached hydrogen (secondary N) is 1. The normalized spacial score (nSPS) is 14.2. The molecule has 0 atom stereocenters. The second-order valence-corrected chi connectivity index (χ2v) is 10.4. The molecule has 2 heterocycles. The standard InChI is InChI=1S/C32H36F3N3O4/c1-39-27-18-23(19-28(40-2)30(27)41-3)31-36-26-20-24(42-15-9-14-38-12-7-4-8-13-38)17-22(29(26)37-31)16-21-10-5-6-11-25(21)32(33,34)35/h5-6,10-11,17-20H,4,7-9,12-16H2,1-3H3,(H,36,37). The fourth-order valence-corrected chi connectivity index (χ4v) is 5.55. The first-order valence-corrected chi connectivity index (χ1v) is 14.1. The minimum absolute atomic E-state index is 0.0384. The number of ether oxygens (including phenoxy) is 4. The third-order valence-corrected chi connectivity index (χ3v) is 7.62. The number of likely N-dealkylation sites (tertiary alicyclic amines) is 1. The van der Waals surface area contributed by atoms with Gasteiger partial charge in [-0.15, -0.1) is 0 Å². The van der Waals surface area contributed by atoms with Crippen LogP contribution < -0.4 is 18.9 Å². The van der Waals surface area contributed by atoms with Crippen LogP contribution in [0.4, 0.5) is 13.2 Å². The van der Waals surface area contributed by atoms with Gasteiger partial charge in [0.25, 0.3) is 0 Å². The van der Waals surface area contributed by atoms with Crippen LogP contribution in [0.15, 0.2) is 48.5 Å². The first kappa shape index (κ1) is 29.6.